The summed E-state index contributed by atoms with van der Waals surface area (Å²) >= 11 is 1.11. The minimum Gasteiger partial charge on any atom is -0.497 e. The molecule has 0 aromatic heterocycles. The monoisotopic (exact) mass is 535 g/mol. The van der Waals surface area contributed by atoms with Crippen molar-refractivity contribution < 1.29 is 28.2 Å². The third-order valence-corrected chi connectivity index (χ3v) is 6.71. The molecule has 0 spiro atoms. The van der Waals surface area contributed by atoms with Crippen LogP contribution in [0.2, 0.25) is 0 Å². The standard InChI is InChI=1S/C28H26FN3O5S/c1-36-16-4-15-32-27(34)24(30-20-11-9-19(29)10-12-20)25(28(32)35)38-23-6-3-5-21(17-23)31-26(33)18-7-13-22(37-2)14-8-18/h3,5-14,17,30H,4,15-16H2,1-2H3,(H,31,33). The van der Waals surface area contributed by atoms with E-state index in [9.17, 15) is 18.8 Å². The zero-order valence-corrected chi connectivity index (χ0v) is 21.6. The van der Waals surface area contributed by atoms with Crippen LogP contribution in [-0.2, 0) is 14.3 Å². The van der Waals surface area contributed by atoms with Crippen LogP contribution >= 0.6 is 11.8 Å². The second-order valence-electron chi connectivity index (χ2n) is 8.26. The SMILES string of the molecule is COCCCN1C(=O)C(Nc2ccc(F)cc2)=C(Sc2cccc(NC(=O)c3ccc(OC)cc3)c2)C1=O. The maximum atomic E-state index is 13.4. The number of carbonyl (C=O) groups excluding carboxylic acids is 3. The number of anilines is 2. The molecule has 0 saturated heterocycles. The number of carbonyl (C=O) groups is 3. The first kappa shape index (κ1) is 26.9. The van der Waals surface area contributed by atoms with Crippen molar-refractivity contribution in [1.29, 1.82) is 0 Å². The van der Waals surface area contributed by atoms with Gasteiger partial charge in [-0.1, -0.05) is 17.8 Å². The molecule has 0 aliphatic carbocycles. The highest BCUT2D eigenvalue weighted by atomic mass is 32.2. The van der Waals surface area contributed by atoms with E-state index >= 15 is 0 Å². The zero-order valence-electron chi connectivity index (χ0n) is 20.8. The zero-order chi connectivity index (χ0) is 27.1. The Hall–Kier alpha value is -4.15. The summed E-state index contributed by atoms with van der Waals surface area (Å²) in [5.74, 6) is -0.979. The van der Waals surface area contributed by atoms with Crippen LogP contribution in [0.5, 0.6) is 5.75 Å². The summed E-state index contributed by atoms with van der Waals surface area (Å²) in [5, 5.41) is 5.83. The molecule has 0 saturated carbocycles. The van der Waals surface area contributed by atoms with E-state index in [1.165, 1.54) is 29.2 Å². The van der Waals surface area contributed by atoms with Gasteiger partial charge < -0.3 is 20.1 Å². The number of hydrogen-bond donors (Lipinski definition) is 2. The molecule has 10 heteroatoms. The van der Waals surface area contributed by atoms with Crippen molar-refractivity contribution in [2.24, 2.45) is 0 Å². The van der Waals surface area contributed by atoms with E-state index in [4.69, 9.17) is 9.47 Å². The number of hydrogen-bond acceptors (Lipinski definition) is 7. The minimum atomic E-state index is -0.470. The van der Waals surface area contributed by atoms with Gasteiger partial charge in [-0.25, -0.2) is 4.39 Å². The van der Waals surface area contributed by atoms with E-state index in [-0.39, 0.29) is 23.1 Å². The molecule has 1 aliphatic rings. The third-order valence-electron chi connectivity index (χ3n) is 5.63. The van der Waals surface area contributed by atoms with Gasteiger partial charge >= 0.3 is 0 Å². The molecular formula is C28H26FN3O5S. The number of benzene rings is 3. The number of rotatable bonds is 11. The van der Waals surface area contributed by atoms with Crippen molar-refractivity contribution in [3.05, 3.63) is 94.8 Å². The number of thioether (sulfide) groups is 1. The lowest BCUT2D eigenvalue weighted by Gasteiger charge is -2.14. The van der Waals surface area contributed by atoms with Gasteiger partial charge in [0.1, 0.15) is 22.2 Å². The van der Waals surface area contributed by atoms with E-state index in [1.54, 1.807) is 62.8 Å². The van der Waals surface area contributed by atoms with Crippen LogP contribution in [-0.4, -0.2) is 50.0 Å². The molecule has 3 amide bonds. The molecule has 8 nitrogen and oxygen atoms in total. The molecular weight excluding hydrogens is 509 g/mol. The average molecular weight is 536 g/mol. The van der Waals surface area contributed by atoms with Crippen molar-refractivity contribution in [1.82, 2.24) is 4.90 Å². The van der Waals surface area contributed by atoms with E-state index < -0.39 is 17.6 Å². The Morgan fingerprint density at radius 2 is 1.68 bits per heavy atom. The molecule has 38 heavy (non-hydrogen) atoms. The summed E-state index contributed by atoms with van der Waals surface area (Å²) in [7, 11) is 3.10. The second kappa shape index (κ2) is 12.4. The highest BCUT2D eigenvalue weighted by Crippen LogP contribution is 2.37. The minimum absolute atomic E-state index is 0.108. The van der Waals surface area contributed by atoms with Gasteiger partial charge in [-0.05, 0) is 73.2 Å². The van der Waals surface area contributed by atoms with Gasteiger partial charge in [-0.2, -0.15) is 0 Å². The molecule has 4 rings (SSSR count). The van der Waals surface area contributed by atoms with Crippen LogP contribution in [0, 0.1) is 5.82 Å². The molecule has 2 N–H and O–H groups in total. The quantitative estimate of drug-likeness (QED) is 0.266. The smallest absolute Gasteiger partial charge is 0.278 e. The van der Waals surface area contributed by atoms with E-state index in [2.05, 4.69) is 10.6 Å². The predicted molar refractivity (Wildman–Crippen MR) is 144 cm³/mol. The lowest BCUT2D eigenvalue weighted by molar-refractivity contribution is -0.137. The second-order valence-corrected chi connectivity index (χ2v) is 9.34. The highest BCUT2D eigenvalue weighted by molar-refractivity contribution is 8.04. The maximum absolute atomic E-state index is 13.4. The highest BCUT2D eigenvalue weighted by Gasteiger charge is 2.38. The Morgan fingerprint density at radius 3 is 2.37 bits per heavy atom. The largest absolute Gasteiger partial charge is 0.497 e. The van der Waals surface area contributed by atoms with E-state index in [1.807, 2.05) is 0 Å². The molecule has 3 aromatic carbocycles. The van der Waals surface area contributed by atoms with Crippen molar-refractivity contribution in [3.8, 4) is 5.75 Å². The van der Waals surface area contributed by atoms with Gasteiger partial charge in [0.15, 0.2) is 0 Å². The molecule has 0 fully saturated rings. The van der Waals surface area contributed by atoms with Gasteiger partial charge in [0.05, 0.1) is 7.11 Å². The Morgan fingerprint density at radius 1 is 0.947 bits per heavy atom. The predicted octanol–water partition coefficient (Wildman–Crippen LogP) is 4.91. The number of ether oxygens (including phenoxy) is 2. The summed E-state index contributed by atoms with van der Waals surface area (Å²) in [6.45, 7) is 0.596. The lowest BCUT2D eigenvalue weighted by Crippen LogP contribution is -2.33. The van der Waals surface area contributed by atoms with Crippen molar-refractivity contribution in [2.75, 3.05) is 38.0 Å². The lowest BCUT2D eigenvalue weighted by atomic mass is 10.2. The molecule has 0 unspecified atom stereocenters. The summed E-state index contributed by atoms with van der Waals surface area (Å²) in [5.41, 5.74) is 1.57. The van der Waals surface area contributed by atoms with Crippen LogP contribution in [0.3, 0.4) is 0 Å². The average Bonchev–Trinajstić information content (AvgIpc) is 3.14. The number of nitrogens with zero attached hydrogens (tertiary/aromatic N) is 1. The first-order valence-electron chi connectivity index (χ1n) is 11.7. The summed E-state index contributed by atoms with van der Waals surface area (Å²) in [4.78, 5) is 41.2. The Kier molecular flexibility index (Phi) is 8.77. The number of nitrogens with one attached hydrogen (secondary N) is 2. The molecule has 0 radical (unpaired) electrons. The van der Waals surface area contributed by atoms with E-state index in [0.29, 0.717) is 40.6 Å². The van der Waals surface area contributed by atoms with Crippen LogP contribution in [0.1, 0.15) is 16.8 Å². The first-order valence-corrected chi connectivity index (χ1v) is 12.6. The van der Waals surface area contributed by atoms with Gasteiger partial charge in [-0.3, -0.25) is 19.3 Å². The van der Waals surface area contributed by atoms with Crippen LogP contribution < -0.4 is 15.4 Å². The fourth-order valence-electron chi connectivity index (χ4n) is 3.71. The number of amides is 3. The summed E-state index contributed by atoms with van der Waals surface area (Å²) < 4.78 is 23.6. The molecule has 196 valence electrons. The number of halogens is 1. The molecule has 0 bridgehead atoms. The Labute approximate surface area is 223 Å². The van der Waals surface area contributed by atoms with E-state index in [0.717, 1.165) is 11.8 Å². The van der Waals surface area contributed by atoms with Crippen molar-refractivity contribution in [2.45, 2.75) is 11.3 Å². The molecule has 1 aliphatic heterocycles. The third kappa shape index (κ3) is 6.39. The summed E-state index contributed by atoms with van der Waals surface area (Å²) in [6.07, 6.45) is 0.489. The van der Waals surface area contributed by atoms with Crippen LogP contribution in [0.4, 0.5) is 15.8 Å². The van der Waals surface area contributed by atoms with Crippen molar-refractivity contribution in [3.63, 3.8) is 0 Å². The van der Waals surface area contributed by atoms with Gasteiger partial charge in [0.25, 0.3) is 17.7 Å². The Bertz CT molecular complexity index is 1360. The van der Waals surface area contributed by atoms with Gasteiger partial charge in [0.2, 0.25) is 0 Å². The van der Waals surface area contributed by atoms with Crippen LogP contribution in [0.25, 0.3) is 0 Å². The fraction of sp³-hybridized carbons (Fsp3) is 0.179. The molecule has 0 atom stereocenters. The molecule has 1 heterocycles. The first-order chi connectivity index (χ1) is 18.4. The number of methoxy groups -OCH3 is 2. The Balaban J connectivity index is 1.56. The maximum Gasteiger partial charge on any atom is 0.278 e. The van der Waals surface area contributed by atoms with Gasteiger partial charge in [0, 0.05) is 42.1 Å². The van der Waals surface area contributed by atoms with Crippen LogP contribution in [0.15, 0.2) is 88.3 Å². The summed E-state index contributed by atoms with van der Waals surface area (Å²) in [6, 6.07) is 19.2. The topological polar surface area (TPSA) is 97.0 Å². The van der Waals surface area contributed by atoms with Gasteiger partial charge in [-0.15, -0.1) is 0 Å². The van der Waals surface area contributed by atoms with Crippen molar-refractivity contribution >= 4 is 40.9 Å². The normalized spacial score (nSPS) is 13.2. The molecule has 3 aromatic rings. The number of imide groups is 1. The fourth-order valence-corrected chi connectivity index (χ4v) is 4.71.